The quantitative estimate of drug-likeness (QED) is 0.387. The molecule has 0 aliphatic heterocycles. The zero-order chi connectivity index (χ0) is 18.3. The second kappa shape index (κ2) is 17.8. The molecule has 0 heteroatoms. The van der Waals surface area contributed by atoms with E-state index in [1.54, 1.807) is 0 Å². The predicted octanol–water partition coefficient (Wildman–Crippen LogP) is 8.85. The summed E-state index contributed by atoms with van der Waals surface area (Å²) in [6.45, 7) is 8.89. The molecular weight excluding hydrogens is 324 g/mol. The summed E-state index contributed by atoms with van der Waals surface area (Å²) in [6, 6.07) is 18.1. The van der Waals surface area contributed by atoms with Crippen molar-refractivity contribution in [3.05, 3.63) is 70.8 Å². The number of hydrogen-bond acceptors (Lipinski definition) is 0. The van der Waals surface area contributed by atoms with E-state index in [4.69, 9.17) is 0 Å². The van der Waals surface area contributed by atoms with Gasteiger partial charge in [-0.1, -0.05) is 117 Å². The van der Waals surface area contributed by atoms with Gasteiger partial charge in [-0.15, -0.1) is 0 Å². The molecule has 0 saturated carbocycles. The summed E-state index contributed by atoms with van der Waals surface area (Å²) in [5.74, 6) is 0. The van der Waals surface area contributed by atoms with Gasteiger partial charge in [0.05, 0.1) is 0 Å². The lowest BCUT2D eigenvalue weighted by Crippen LogP contribution is -1.87. The fraction of sp³-hybridized carbons (Fsp3) is 0.556. The number of aryl methyl sites for hydroxylation is 4. The van der Waals surface area contributed by atoms with Crippen LogP contribution in [0.15, 0.2) is 48.5 Å². The van der Waals surface area contributed by atoms with Gasteiger partial charge in [0.2, 0.25) is 0 Å². The van der Waals surface area contributed by atoms with E-state index in [1.807, 2.05) is 0 Å². The molecule has 0 aliphatic rings. The van der Waals surface area contributed by atoms with E-state index in [0.717, 1.165) is 6.42 Å². The van der Waals surface area contributed by atoms with Gasteiger partial charge in [0, 0.05) is 0 Å². The van der Waals surface area contributed by atoms with Crippen molar-refractivity contribution in [2.75, 3.05) is 0 Å². The molecule has 0 N–H and O–H groups in total. The molecule has 0 bridgehead atoms. The van der Waals surface area contributed by atoms with E-state index in [-0.39, 0.29) is 14.9 Å². The molecule has 0 saturated heterocycles. The second-order valence-electron chi connectivity index (χ2n) is 6.94. The van der Waals surface area contributed by atoms with Crippen LogP contribution in [0.4, 0.5) is 0 Å². The zero-order valence-corrected chi connectivity index (χ0v) is 17.0. The molecule has 0 heterocycles. The molecule has 2 rings (SSSR count). The maximum Gasteiger partial charge on any atom is -0.0279 e. The maximum absolute atomic E-state index is 2.29. The molecule has 0 atom stereocenters. The average Bonchev–Trinajstić information content (AvgIpc) is 2.65. The van der Waals surface area contributed by atoms with Crippen LogP contribution in [-0.4, -0.2) is 0 Å². The summed E-state index contributed by atoms with van der Waals surface area (Å²) in [7, 11) is 0. The summed E-state index contributed by atoms with van der Waals surface area (Å²) < 4.78 is 0. The third-order valence-corrected chi connectivity index (χ3v) is 4.60. The van der Waals surface area contributed by atoms with Crippen molar-refractivity contribution in [2.45, 2.75) is 100 Å². The minimum Gasteiger partial charge on any atom is -0.0776 e. The van der Waals surface area contributed by atoms with E-state index in [9.17, 15) is 0 Å². The number of hydrogen-bond donors (Lipinski definition) is 0. The first-order valence-electron chi connectivity index (χ1n) is 10.4. The Balaban J connectivity index is 0. The molecule has 0 amide bonds. The molecule has 154 valence electrons. The highest BCUT2D eigenvalue weighted by atomic mass is 14.0. The third kappa shape index (κ3) is 12.5. The minimum absolute atomic E-state index is 0. The fourth-order valence-electron chi connectivity index (χ4n) is 2.97. The van der Waals surface area contributed by atoms with Crippen LogP contribution in [0.3, 0.4) is 0 Å². The zero-order valence-electron chi connectivity index (χ0n) is 17.0. The molecule has 2 aromatic carbocycles. The van der Waals surface area contributed by atoms with E-state index >= 15 is 0 Å². The van der Waals surface area contributed by atoms with Crippen LogP contribution in [0.25, 0.3) is 0 Å². The smallest absolute Gasteiger partial charge is 0.0279 e. The molecule has 0 nitrogen and oxygen atoms in total. The van der Waals surface area contributed by atoms with Gasteiger partial charge < -0.3 is 0 Å². The fourth-order valence-corrected chi connectivity index (χ4v) is 2.97. The van der Waals surface area contributed by atoms with Crippen molar-refractivity contribution in [3.63, 3.8) is 0 Å². The summed E-state index contributed by atoms with van der Waals surface area (Å²) in [5.41, 5.74) is 5.87. The van der Waals surface area contributed by atoms with E-state index in [2.05, 4.69) is 76.2 Å². The van der Waals surface area contributed by atoms with Crippen LogP contribution < -0.4 is 0 Å². The average molecular weight is 371 g/mol. The first-order valence-corrected chi connectivity index (χ1v) is 10.4. The van der Waals surface area contributed by atoms with Crippen molar-refractivity contribution in [1.29, 1.82) is 0 Å². The van der Waals surface area contributed by atoms with Gasteiger partial charge in [-0.25, -0.2) is 0 Å². The molecule has 0 unspecified atom stereocenters. The summed E-state index contributed by atoms with van der Waals surface area (Å²) in [4.78, 5) is 0. The summed E-state index contributed by atoms with van der Waals surface area (Å²) in [5, 5.41) is 0. The van der Waals surface area contributed by atoms with Gasteiger partial charge in [0.15, 0.2) is 0 Å². The van der Waals surface area contributed by atoms with Crippen molar-refractivity contribution in [2.24, 2.45) is 0 Å². The molecular formula is C27H46. The predicted molar refractivity (Wildman–Crippen MR) is 127 cm³/mol. The van der Waals surface area contributed by atoms with Gasteiger partial charge in [-0.3, -0.25) is 0 Å². The van der Waals surface area contributed by atoms with E-state index in [0.29, 0.717) is 0 Å². The Bertz CT molecular complexity index is 533. The van der Waals surface area contributed by atoms with Crippen LogP contribution in [0, 0.1) is 0 Å². The molecule has 27 heavy (non-hydrogen) atoms. The molecule has 2 aromatic rings. The number of rotatable bonds is 9. The van der Waals surface area contributed by atoms with Crippen LogP contribution in [0.2, 0.25) is 0 Å². The van der Waals surface area contributed by atoms with Crippen LogP contribution in [0.1, 0.15) is 96.9 Å². The third-order valence-electron chi connectivity index (χ3n) is 4.60. The topological polar surface area (TPSA) is 0 Å². The number of benzene rings is 2. The Hall–Kier alpha value is -1.56. The van der Waals surface area contributed by atoms with Crippen molar-refractivity contribution < 1.29 is 0 Å². The van der Waals surface area contributed by atoms with Crippen molar-refractivity contribution in [1.82, 2.24) is 0 Å². The second-order valence-corrected chi connectivity index (χ2v) is 6.94. The van der Waals surface area contributed by atoms with Crippen molar-refractivity contribution >= 4 is 0 Å². The van der Waals surface area contributed by atoms with Crippen LogP contribution in [0.5, 0.6) is 0 Å². The maximum atomic E-state index is 2.29. The Morgan fingerprint density at radius 2 is 0.815 bits per heavy atom. The summed E-state index contributed by atoms with van der Waals surface area (Å²) in [6.07, 6.45) is 11.3. The molecule has 0 radical (unpaired) electrons. The lowest BCUT2D eigenvalue weighted by atomic mass is 10.0. The molecule has 0 spiro atoms. The van der Waals surface area contributed by atoms with Crippen molar-refractivity contribution in [3.8, 4) is 0 Å². The van der Waals surface area contributed by atoms with Gasteiger partial charge >= 0.3 is 0 Å². The van der Waals surface area contributed by atoms with E-state index in [1.165, 1.54) is 73.6 Å². The van der Waals surface area contributed by atoms with Gasteiger partial charge in [0.1, 0.15) is 0 Å². The highest BCUT2D eigenvalue weighted by Crippen LogP contribution is 2.10. The minimum atomic E-state index is 0. The molecule has 0 aliphatic carbocycles. The van der Waals surface area contributed by atoms with Crippen LogP contribution in [-0.2, 0) is 25.7 Å². The number of unbranched alkanes of at least 4 members (excludes halogenated alkanes) is 2. The SMILES string of the molecule is C.C.CCCCCc1ccc(CCC)cc1.CCCc1ccc(CC)cc1. The Morgan fingerprint density at radius 3 is 1.15 bits per heavy atom. The van der Waals surface area contributed by atoms with Gasteiger partial charge in [-0.2, -0.15) is 0 Å². The Kier molecular flexibility index (Phi) is 18.3. The molecule has 0 aromatic heterocycles. The van der Waals surface area contributed by atoms with Crippen LogP contribution >= 0.6 is 0 Å². The van der Waals surface area contributed by atoms with Gasteiger partial charge in [0.25, 0.3) is 0 Å². The summed E-state index contributed by atoms with van der Waals surface area (Å²) >= 11 is 0. The first kappa shape index (κ1) is 27.7. The Morgan fingerprint density at radius 1 is 0.444 bits per heavy atom. The van der Waals surface area contributed by atoms with E-state index < -0.39 is 0 Å². The normalized spacial score (nSPS) is 9.48. The lowest BCUT2D eigenvalue weighted by molar-refractivity contribution is 0.717. The molecule has 0 fully saturated rings. The van der Waals surface area contributed by atoms with Gasteiger partial charge in [-0.05, 0) is 54.4 Å². The highest BCUT2D eigenvalue weighted by Gasteiger charge is 1.94. The Labute approximate surface area is 171 Å². The lowest BCUT2D eigenvalue weighted by Gasteiger charge is -2.02. The first-order chi connectivity index (χ1) is 12.2. The standard InChI is InChI=1S/C14H22.C11H16.2CH4/c1-3-5-6-8-14-11-9-13(7-4-2)10-12-14;1-3-5-11-8-6-10(4-2)7-9-11;;/h9-12H,3-8H2,1-2H3;6-9H,3-5H2,1-2H3;2*1H4. The largest absolute Gasteiger partial charge is 0.0776 e. The highest BCUT2D eigenvalue weighted by molar-refractivity contribution is 5.23. The monoisotopic (exact) mass is 370 g/mol.